The first-order valence-corrected chi connectivity index (χ1v) is 4.12. The van der Waals surface area contributed by atoms with Crippen LogP contribution >= 0.6 is 11.6 Å². The minimum atomic E-state index is -1.06. The van der Waals surface area contributed by atoms with Gasteiger partial charge in [0, 0.05) is 0 Å². The van der Waals surface area contributed by atoms with Crippen molar-refractivity contribution in [2.24, 2.45) is 0 Å². The number of carboxylic acid groups (broad SMARTS) is 1. The molecule has 14 heavy (non-hydrogen) atoms. The van der Waals surface area contributed by atoms with Gasteiger partial charge >= 0.3 is 5.97 Å². The van der Waals surface area contributed by atoms with Crippen LogP contribution in [-0.2, 0) is 4.79 Å². The average Bonchev–Trinajstić information content (AvgIpc) is 2.15. The lowest BCUT2D eigenvalue weighted by molar-refractivity contribution is -0.109. The molecule has 0 unspecified atom stereocenters. The van der Waals surface area contributed by atoms with Gasteiger partial charge in [0.15, 0.2) is 6.29 Å². The number of halogens is 1. The topological polar surface area (TPSA) is 63.6 Å². The molecular formula is C9H7ClO4. The van der Waals surface area contributed by atoms with Crippen LogP contribution in [0, 0.1) is 0 Å². The Morgan fingerprint density at radius 3 is 2.79 bits per heavy atom. The Hall–Kier alpha value is -1.55. The molecule has 0 aliphatic rings. The van der Waals surface area contributed by atoms with Gasteiger partial charge in [-0.3, -0.25) is 4.79 Å². The molecule has 74 valence electrons. The molecule has 1 aromatic carbocycles. The standard InChI is InChI=1S/C9H7ClO4/c10-7-5-6(9(12)13)1-2-8(7)14-4-3-11/h1-3,5H,4H2,(H,12,13). The molecule has 5 heteroatoms. The van der Waals surface area contributed by atoms with Crippen molar-refractivity contribution in [3.63, 3.8) is 0 Å². The largest absolute Gasteiger partial charge is 0.485 e. The highest BCUT2D eigenvalue weighted by atomic mass is 35.5. The van der Waals surface area contributed by atoms with E-state index in [1.807, 2.05) is 0 Å². The lowest BCUT2D eigenvalue weighted by Crippen LogP contribution is -2.00. The van der Waals surface area contributed by atoms with E-state index >= 15 is 0 Å². The van der Waals surface area contributed by atoms with Crippen molar-refractivity contribution in [1.82, 2.24) is 0 Å². The summed E-state index contributed by atoms with van der Waals surface area (Å²) in [5, 5.41) is 8.79. The number of aromatic carboxylic acids is 1. The lowest BCUT2D eigenvalue weighted by Gasteiger charge is -2.04. The van der Waals surface area contributed by atoms with Crippen LogP contribution in [0.15, 0.2) is 18.2 Å². The number of carbonyl (C=O) groups is 2. The minimum absolute atomic E-state index is 0.0773. The molecule has 0 aliphatic carbocycles. The summed E-state index contributed by atoms with van der Waals surface area (Å²) in [4.78, 5) is 20.5. The average molecular weight is 215 g/mol. The highest BCUT2D eigenvalue weighted by molar-refractivity contribution is 6.32. The van der Waals surface area contributed by atoms with E-state index in [9.17, 15) is 9.59 Å². The van der Waals surface area contributed by atoms with E-state index in [1.54, 1.807) is 0 Å². The van der Waals surface area contributed by atoms with Crippen molar-refractivity contribution >= 4 is 23.9 Å². The number of aldehydes is 1. The fourth-order valence-electron chi connectivity index (χ4n) is 0.875. The van der Waals surface area contributed by atoms with Crippen LogP contribution in [0.2, 0.25) is 5.02 Å². The first kappa shape index (κ1) is 10.5. The molecule has 1 N–H and O–H groups in total. The van der Waals surface area contributed by atoms with Crippen LogP contribution in [0.1, 0.15) is 10.4 Å². The number of hydrogen-bond acceptors (Lipinski definition) is 3. The van der Waals surface area contributed by atoms with Crippen molar-refractivity contribution < 1.29 is 19.4 Å². The van der Waals surface area contributed by atoms with E-state index in [4.69, 9.17) is 21.4 Å². The fraction of sp³-hybridized carbons (Fsp3) is 0.111. The molecule has 0 spiro atoms. The summed E-state index contributed by atoms with van der Waals surface area (Å²) in [6, 6.07) is 4.04. The summed E-state index contributed by atoms with van der Waals surface area (Å²) in [6.07, 6.45) is 0.585. The summed E-state index contributed by atoms with van der Waals surface area (Å²) in [5.41, 5.74) is 0.0773. The van der Waals surface area contributed by atoms with Gasteiger partial charge in [-0.1, -0.05) is 11.6 Å². The van der Waals surface area contributed by atoms with Crippen molar-refractivity contribution in [2.45, 2.75) is 0 Å². The van der Waals surface area contributed by atoms with E-state index in [2.05, 4.69) is 0 Å². The lowest BCUT2D eigenvalue weighted by atomic mass is 10.2. The van der Waals surface area contributed by atoms with Crippen LogP contribution in [0.4, 0.5) is 0 Å². The smallest absolute Gasteiger partial charge is 0.335 e. The summed E-state index contributed by atoms with van der Waals surface area (Å²) < 4.78 is 4.93. The molecule has 0 atom stereocenters. The van der Waals surface area contributed by atoms with Gasteiger partial charge in [0.25, 0.3) is 0 Å². The maximum absolute atomic E-state index is 10.5. The first-order chi connectivity index (χ1) is 6.65. The quantitative estimate of drug-likeness (QED) is 0.774. The summed E-state index contributed by atoms with van der Waals surface area (Å²) in [7, 11) is 0. The molecule has 1 rings (SSSR count). The third-order valence-corrected chi connectivity index (χ3v) is 1.78. The molecule has 0 saturated heterocycles. The van der Waals surface area contributed by atoms with Crippen LogP contribution < -0.4 is 4.74 Å². The van der Waals surface area contributed by atoms with Gasteiger partial charge in [-0.25, -0.2) is 4.79 Å². The molecule has 0 radical (unpaired) electrons. The third-order valence-electron chi connectivity index (χ3n) is 1.49. The zero-order valence-corrected chi connectivity index (χ0v) is 7.82. The number of carbonyl (C=O) groups excluding carboxylic acids is 1. The SMILES string of the molecule is O=CCOc1ccc(C(=O)O)cc1Cl. The predicted octanol–water partition coefficient (Wildman–Crippen LogP) is 1.62. The van der Waals surface area contributed by atoms with Gasteiger partial charge in [0.05, 0.1) is 10.6 Å². The Labute approximate surface area is 85.1 Å². The van der Waals surface area contributed by atoms with E-state index in [-0.39, 0.29) is 17.2 Å². The number of ether oxygens (including phenoxy) is 1. The van der Waals surface area contributed by atoms with E-state index in [0.29, 0.717) is 12.0 Å². The molecule has 0 aromatic heterocycles. The monoisotopic (exact) mass is 214 g/mol. The Bertz CT molecular complexity index is 362. The molecule has 0 saturated carbocycles. The summed E-state index contributed by atoms with van der Waals surface area (Å²) in [6.45, 7) is -0.105. The van der Waals surface area contributed by atoms with Crippen LogP contribution in [-0.4, -0.2) is 24.0 Å². The van der Waals surface area contributed by atoms with Crippen molar-refractivity contribution in [2.75, 3.05) is 6.61 Å². The number of rotatable bonds is 4. The minimum Gasteiger partial charge on any atom is -0.485 e. The Balaban J connectivity index is 2.89. The van der Waals surface area contributed by atoms with Gasteiger partial charge in [-0.2, -0.15) is 0 Å². The number of hydrogen-bond donors (Lipinski definition) is 1. The molecule has 0 bridgehead atoms. The van der Waals surface area contributed by atoms with Crippen molar-refractivity contribution in [3.8, 4) is 5.75 Å². The predicted molar refractivity (Wildman–Crippen MR) is 50.0 cm³/mol. The molecule has 0 aliphatic heterocycles. The van der Waals surface area contributed by atoms with Crippen molar-refractivity contribution in [3.05, 3.63) is 28.8 Å². The van der Waals surface area contributed by atoms with E-state index < -0.39 is 5.97 Å². The van der Waals surface area contributed by atoms with Crippen molar-refractivity contribution in [1.29, 1.82) is 0 Å². The molecule has 0 heterocycles. The Morgan fingerprint density at radius 1 is 1.57 bits per heavy atom. The molecular weight excluding hydrogens is 208 g/mol. The third kappa shape index (κ3) is 2.47. The van der Waals surface area contributed by atoms with Crippen LogP contribution in [0.25, 0.3) is 0 Å². The summed E-state index contributed by atoms with van der Waals surface area (Å²) in [5.74, 6) is -0.766. The van der Waals surface area contributed by atoms with Gasteiger partial charge < -0.3 is 9.84 Å². The zero-order valence-electron chi connectivity index (χ0n) is 7.07. The maximum atomic E-state index is 10.5. The number of benzene rings is 1. The van der Waals surface area contributed by atoms with Crippen LogP contribution in [0.5, 0.6) is 5.75 Å². The van der Waals surface area contributed by atoms with Gasteiger partial charge in [-0.05, 0) is 18.2 Å². The molecule has 4 nitrogen and oxygen atoms in total. The molecule has 0 fully saturated rings. The molecule has 1 aromatic rings. The van der Waals surface area contributed by atoms with Crippen LogP contribution in [0.3, 0.4) is 0 Å². The van der Waals surface area contributed by atoms with Gasteiger partial charge in [0.2, 0.25) is 0 Å². The second-order valence-electron chi connectivity index (χ2n) is 2.43. The van der Waals surface area contributed by atoms with Gasteiger partial charge in [0.1, 0.15) is 12.4 Å². The second kappa shape index (κ2) is 4.62. The highest BCUT2D eigenvalue weighted by Crippen LogP contribution is 2.25. The summed E-state index contributed by atoms with van der Waals surface area (Å²) >= 11 is 5.70. The molecule has 0 amide bonds. The Morgan fingerprint density at radius 2 is 2.29 bits per heavy atom. The normalized spacial score (nSPS) is 9.50. The zero-order chi connectivity index (χ0) is 10.6. The Kier molecular flexibility index (Phi) is 3.48. The van der Waals surface area contributed by atoms with Gasteiger partial charge in [-0.15, -0.1) is 0 Å². The van der Waals surface area contributed by atoms with E-state index in [0.717, 1.165) is 0 Å². The second-order valence-corrected chi connectivity index (χ2v) is 2.84. The first-order valence-electron chi connectivity index (χ1n) is 3.74. The fourth-order valence-corrected chi connectivity index (χ4v) is 1.11. The number of carboxylic acids is 1. The maximum Gasteiger partial charge on any atom is 0.335 e. The highest BCUT2D eigenvalue weighted by Gasteiger charge is 2.07. The van der Waals surface area contributed by atoms with E-state index in [1.165, 1.54) is 18.2 Å².